The molecule has 6 nitrogen and oxygen atoms in total. The van der Waals surface area contributed by atoms with Crippen LogP contribution in [0.15, 0.2) is 12.1 Å². The van der Waals surface area contributed by atoms with E-state index in [1.54, 1.807) is 0 Å². The molecule has 1 aromatic rings. The lowest BCUT2D eigenvalue weighted by Gasteiger charge is -2.25. The van der Waals surface area contributed by atoms with E-state index >= 15 is 0 Å². The quantitative estimate of drug-likeness (QED) is 0.797. The smallest absolute Gasteiger partial charge is 0.317 e. The van der Waals surface area contributed by atoms with Gasteiger partial charge in [0.2, 0.25) is 0 Å². The lowest BCUT2D eigenvalue weighted by molar-refractivity contribution is 0.162. The van der Waals surface area contributed by atoms with Crippen LogP contribution in [-0.2, 0) is 17.7 Å². The normalized spacial score (nSPS) is 23.6. The molecule has 2 heterocycles. The van der Waals surface area contributed by atoms with Gasteiger partial charge in [-0.25, -0.2) is 4.79 Å². The summed E-state index contributed by atoms with van der Waals surface area (Å²) >= 11 is 0. The van der Waals surface area contributed by atoms with E-state index in [-0.39, 0.29) is 12.1 Å². The number of hydrogen-bond donors (Lipinski definition) is 1. The molecule has 2 unspecified atom stereocenters. The van der Waals surface area contributed by atoms with Gasteiger partial charge in [-0.2, -0.15) is 0 Å². The maximum absolute atomic E-state index is 12.8. The SMILES string of the molecule is CCOc1cc2c(cc1CNC(=O)N(CC1CCOC1)C1CC1)OC(C)C2. The third kappa shape index (κ3) is 4.32. The molecule has 2 aliphatic heterocycles. The number of fused-ring (bicyclic) bond motifs is 1. The molecule has 1 saturated carbocycles. The Morgan fingerprint density at radius 3 is 2.89 bits per heavy atom. The van der Waals surface area contributed by atoms with E-state index in [0.29, 0.717) is 25.1 Å². The number of carbonyl (C=O) groups is 1. The number of nitrogens with one attached hydrogen (secondary N) is 1. The van der Waals surface area contributed by atoms with E-state index in [2.05, 4.69) is 18.3 Å². The first-order chi connectivity index (χ1) is 13.1. The first kappa shape index (κ1) is 18.4. The van der Waals surface area contributed by atoms with Crippen molar-refractivity contribution in [2.24, 2.45) is 5.92 Å². The van der Waals surface area contributed by atoms with Crippen molar-refractivity contribution >= 4 is 6.03 Å². The Hall–Kier alpha value is -1.95. The zero-order chi connectivity index (χ0) is 18.8. The summed E-state index contributed by atoms with van der Waals surface area (Å²) in [7, 11) is 0. The molecule has 1 N–H and O–H groups in total. The Balaban J connectivity index is 1.42. The van der Waals surface area contributed by atoms with E-state index in [9.17, 15) is 4.79 Å². The summed E-state index contributed by atoms with van der Waals surface area (Å²) in [4.78, 5) is 14.8. The summed E-state index contributed by atoms with van der Waals surface area (Å²) in [6.45, 7) is 7.48. The van der Waals surface area contributed by atoms with Gasteiger partial charge in [0, 0.05) is 49.2 Å². The van der Waals surface area contributed by atoms with Crippen LogP contribution in [0.2, 0.25) is 0 Å². The standard InChI is InChI=1S/C21H30N2O4/c1-3-26-19-9-16-8-14(2)27-20(16)10-17(19)11-22-21(24)23(18-4-5-18)12-15-6-7-25-13-15/h9-10,14-15,18H,3-8,11-13H2,1-2H3,(H,22,24). The minimum absolute atomic E-state index is 0.0154. The Bertz CT molecular complexity index is 683. The number of nitrogens with zero attached hydrogens (tertiary/aromatic N) is 1. The molecule has 2 fully saturated rings. The lowest BCUT2D eigenvalue weighted by atomic mass is 10.1. The number of urea groups is 1. The second-order valence-corrected chi connectivity index (χ2v) is 7.91. The maximum Gasteiger partial charge on any atom is 0.317 e. The molecule has 0 radical (unpaired) electrons. The molecule has 3 aliphatic rings. The van der Waals surface area contributed by atoms with Crippen LogP contribution in [0.5, 0.6) is 11.5 Å². The zero-order valence-corrected chi connectivity index (χ0v) is 16.3. The van der Waals surface area contributed by atoms with Crippen LogP contribution in [0.3, 0.4) is 0 Å². The molecule has 1 aromatic carbocycles. The average molecular weight is 374 g/mol. The van der Waals surface area contributed by atoms with Gasteiger partial charge in [-0.05, 0) is 45.2 Å². The Labute approximate surface area is 161 Å². The molecular weight excluding hydrogens is 344 g/mol. The summed E-state index contributed by atoms with van der Waals surface area (Å²) < 4.78 is 17.2. The lowest BCUT2D eigenvalue weighted by Crippen LogP contribution is -2.43. The summed E-state index contributed by atoms with van der Waals surface area (Å²) in [5.41, 5.74) is 2.15. The van der Waals surface area contributed by atoms with Crippen LogP contribution in [0, 0.1) is 5.92 Å². The van der Waals surface area contributed by atoms with Gasteiger partial charge in [0.1, 0.15) is 17.6 Å². The highest BCUT2D eigenvalue weighted by Gasteiger charge is 2.35. The second kappa shape index (κ2) is 7.97. The second-order valence-electron chi connectivity index (χ2n) is 7.91. The number of rotatable bonds is 7. The van der Waals surface area contributed by atoms with Crippen LogP contribution in [0.4, 0.5) is 4.79 Å². The number of ether oxygens (including phenoxy) is 3. The minimum atomic E-state index is 0.0154. The van der Waals surface area contributed by atoms with Crippen molar-refractivity contribution < 1.29 is 19.0 Å². The highest BCUT2D eigenvalue weighted by atomic mass is 16.5. The fourth-order valence-corrected chi connectivity index (χ4v) is 3.97. The third-order valence-corrected chi connectivity index (χ3v) is 5.54. The monoisotopic (exact) mass is 374 g/mol. The van der Waals surface area contributed by atoms with Crippen molar-refractivity contribution in [1.29, 1.82) is 0 Å². The largest absolute Gasteiger partial charge is 0.494 e. The molecular formula is C21H30N2O4. The van der Waals surface area contributed by atoms with Gasteiger partial charge in [-0.3, -0.25) is 0 Å². The predicted molar refractivity (Wildman–Crippen MR) is 102 cm³/mol. The maximum atomic E-state index is 12.8. The van der Waals surface area contributed by atoms with E-state index < -0.39 is 0 Å². The van der Waals surface area contributed by atoms with E-state index in [0.717, 1.165) is 62.5 Å². The van der Waals surface area contributed by atoms with E-state index in [4.69, 9.17) is 14.2 Å². The number of hydrogen-bond acceptors (Lipinski definition) is 4. The topological polar surface area (TPSA) is 60.0 Å². The van der Waals surface area contributed by atoms with Crippen molar-refractivity contribution in [3.05, 3.63) is 23.3 Å². The molecule has 148 valence electrons. The Kier molecular flexibility index (Phi) is 5.43. The first-order valence-electron chi connectivity index (χ1n) is 10.2. The van der Waals surface area contributed by atoms with Gasteiger partial charge in [0.15, 0.2) is 0 Å². The van der Waals surface area contributed by atoms with Crippen molar-refractivity contribution in [3.8, 4) is 11.5 Å². The van der Waals surface area contributed by atoms with Crippen LogP contribution in [-0.4, -0.2) is 49.4 Å². The number of benzene rings is 1. The van der Waals surface area contributed by atoms with Crippen LogP contribution >= 0.6 is 0 Å². The van der Waals surface area contributed by atoms with Gasteiger partial charge >= 0.3 is 6.03 Å². The molecule has 6 heteroatoms. The molecule has 0 spiro atoms. The van der Waals surface area contributed by atoms with Crippen LogP contribution < -0.4 is 14.8 Å². The van der Waals surface area contributed by atoms with E-state index in [1.165, 1.54) is 5.56 Å². The van der Waals surface area contributed by atoms with E-state index in [1.807, 2.05) is 17.9 Å². The summed E-state index contributed by atoms with van der Waals surface area (Å²) in [5, 5.41) is 3.11. The molecule has 1 aliphatic carbocycles. The van der Waals surface area contributed by atoms with Gasteiger partial charge in [0.05, 0.1) is 13.2 Å². The van der Waals surface area contributed by atoms with Crippen molar-refractivity contribution in [2.45, 2.75) is 58.2 Å². The Morgan fingerprint density at radius 1 is 1.33 bits per heavy atom. The number of carbonyl (C=O) groups excluding carboxylic acids is 1. The van der Waals surface area contributed by atoms with Crippen LogP contribution in [0.1, 0.15) is 44.2 Å². The molecule has 27 heavy (non-hydrogen) atoms. The molecule has 1 saturated heterocycles. The van der Waals surface area contributed by atoms with Gasteiger partial charge in [0.25, 0.3) is 0 Å². The molecule has 2 amide bonds. The van der Waals surface area contributed by atoms with Gasteiger partial charge in [-0.1, -0.05) is 0 Å². The highest BCUT2D eigenvalue weighted by molar-refractivity contribution is 5.75. The summed E-state index contributed by atoms with van der Waals surface area (Å²) in [6, 6.07) is 4.50. The fourth-order valence-electron chi connectivity index (χ4n) is 3.97. The minimum Gasteiger partial charge on any atom is -0.494 e. The zero-order valence-electron chi connectivity index (χ0n) is 16.3. The predicted octanol–water partition coefficient (Wildman–Crippen LogP) is 3.12. The fraction of sp³-hybridized carbons (Fsp3) is 0.667. The van der Waals surface area contributed by atoms with Crippen LogP contribution in [0.25, 0.3) is 0 Å². The van der Waals surface area contributed by atoms with Gasteiger partial charge in [-0.15, -0.1) is 0 Å². The van der Waals surface area contributed by atoms with Gasteiger partial charge < -0.3 is 24.4 Å². The average Bonchev–Trinajstić information content (AvgIpc) is 3.22. The third-order valence-electron chi connectivity index (χ3n) is 5.54. The first-order valence-corrected chi connectivity index (χ1v) is 10.2. The highest BCUT2D eigenvalue weighted by Crippen LogP contribution is 2.35. The molecule has 4 rings (SSSR count). The summed E-state index contributed by atoms with van der Waals surface area (Å²) in [6.07, 6.45) is 4.36. The van der Waals surface area contributed by atoms with Crippen molar-refractivity contribution in [2.75, 3.05) is 26.4 Å². The Morgan fingerprint density at radius 2 is 2.19 bits per heavy atom. The van der Waals surface area contributed by atoms with Crippen molar-refractivity contribution in [3.63, 3.8) is 0 Å². The number of amides is 2. The van der Waals surface area contributed by atoms with Crippen molar-refractivity contribution in [1.82, 2.24) is 10.2 Å². The molecule has 0 bridgehead atoms. The molecule has 2 atom stereocenters. The molecule has 0 aromatic heterocycles. The summed E-state index contributed by atoms with van der Waals surface area (Å²) in [5.74, 6) is 2.22.